The number of carbonyl (C=O) groups excluding carboxylic acids is 1. The van der Waals surface area contributed by atoms with Gasteiger partial charge in [-0.1, -0.05) is 12.1 Å². The molecule has 4 nitrogen and oxygen atoms in total. The lowest BCUT2D eigenvalue weighted by atomic mass is 9.94. The van der Waals surface area contributed by atoms with E-state index >= 15 is 0 Å². The molecule has 3 N–H and O–H groups in total. The standard InChI is InChI=1S/C12H12F3N3O/c13-12(14,15)8-3-1-2-7-9(8)10(19)18-5-4-17-6-11(7,18)16/h1-3,17H,4-6,16H2/t11-/m0/s1. The van der Waals surface area contributed by atoms with Crippen molar-refractivity contribution in [3.8, 4) is 0 Å². The average molecular weight is 271 g/mol. The number of halogens is 3. The number of alkyl halides is 3. The van der Waals surface area contributed by atoms with Crippen LogP contribution in [0.3, 0.4) is 0 Å². The SMILES string of the molecule is N[C@@]12CNCCN1C(=O)c1c(C(F)(F)F)cccc12. The van der Waals surface area contributed by atoms with E-state index in [1.807, 2.05) is 0 Å². The van der Waals surface area contributed by atoms with Crippen LogP contribution in [0.2, 0.25) is 0 Å². The first-order chi connectivity index (χ1) is 8.86. The summed E-state index contributed by atoms with van der Waals surface area (Å²) in [5.41, 5.74) is 4.02. The van der Waals surface area contributed by atoms with Crippen LogP contribution in [-0.4, -0.2) is 30.4 Å². The molecule has 0 radical (unpaired) electrons. The molecule has 2 heterocycles. The Morgan fingerprint density at radius 2 is 2.11 bits per heavy atom. The van der Waals surface area contributed by atoms with E-state index in [1.165, 1.54) is 17.0 Å². The van der Waals surface area contributed by atoms with Crippen LogP contribution in [0.5, 0.6) is 0 Å². The molecule has 2 aliphatic rings. The quantitative estimate of drug-likeness (QED) is 0.736. The lowest BCUT2D eigenvalue weighted by molar-refractivity contribution is -0.137. The number of benzene rings is 1. The van der Waals surface area contributed by atoms with Crippen molar-refractivity contribution in [2.24, 2.45) is 5.73 Å². The third-order valence-corrected chi connectivity index (χ3v) is 3.68. The Hall–Kier alpha value is -1.60. The van der Waals surface area contributed by atoms with Gasteiger partial charge in [0.1, 0.15) is 5.66 Å². The van der Waals surface area contributed by atoms with Crippen LogP contribution in [0.1, 0.15) is 21.5 Å². The molecule has 7 heteroatoms. The summed E-state index contributed by atoms with van der Waals surface area (Å²) in [6.07, 6.45) is -4.56. The monoisotopic (exact) mass is 271 g/mol. The van der Waals surface area contributed by atoms with Gasteiger partial charge >= 0.3 is 6.18 Å². The Balaban J connectivity index is 2.24. The lowest BCUT2D eigenvalue weighted by Crippen LogP contribution is -2.62. The van der Waals surface area contributed by atoms with Gasteiger partial charge in [0, 0.05) is 25.2 Å². The van der Waals surface area contributed by atoms with Crippen LogP contribution in [0, 0.1) is 0 Å². The normalized spacial score (nSPS) is 26.3. The molecule has 0 spiro atoms. The molecule has 19 heavy (non-hydrogen) atoms. The van der Waals surface area contributed by atoms with Crippen LogP contribution < -0.4 is 11.1 Å². The smallest absolute Gasteiger partial charge is 0.314 e. The van der Waals surface area contributed by atoms with Gasteiger partial charge in [-0.15, -0.1) is 0 Å². The second-order valence-electron chi connectivity index (χ2n) is 4.78. The molecule has 102 valence electrons. The molecule has 1 aromatic rings. The Kier molecular flexibility index (Phi) is 2.42. The second-order valence-corrected chi connectivity index (χ2v) is 4.78. The largest absolute Gasteiger partial charge is 0.417 e. The van der Waals surface area contributed by atoms with E-state index < -0.39 is 23.3 Å². The van der Waals surface area contributed by atoms with Crippen LogP contribution in [0.25, 0.3) is 0 Å². The highest BCUT2D eigenvalue weighted by molar-refractivity contribution is 6.01. The molecule has 0 aromatic heterocycles. The fourth-order valence-corrected chi connectivity index (χ4v) is 2.80. The predicted molar refractivity (Wildman–Crippen MR) is 61.2 cm³/mol. The van der Waals surface area contributed by atoms with Crippen molar-refractivity contribution in [3.05, 3.63) is 34.9 Å². The first-order valence-electron chi connectivity index (χ1n) is 5.88. The van der Waals surface area contributed by atoms with Gasteiger partial charge < -0.3 is 16.0 Å². The molecular formula is C12H12F3N3O. The molecule has 0 aliphatic carbocycles. The minimum Gasteiger partial charge on any atom is -0.314 e. The number of piperazine rings is 1. The molecular weight excluding hydrogens is 259 g/mol. The summed E-state index contributed by atoms with van der Waals surface area (Å²) in [4.78, 5) is 13.5. The summed E-state index contributed by atoms with van der Waals surface area (Å²) >= 11 is 0. The Morgan fingerprint density at radius 3 is 2.79 bits per heavy atom. The number of hydrogen-bond acceptors (Lipinski definition) is 3. The fraction of sp³-hybridized carbons (Fsp3) is 0.417. The maximum Gasteiger partial charge on any atom is 0.417 e. The first kappa shape index (κ1) is 12.4. The van der Waals surface area contributed by atoms with E-state index in [4.69, 9.17) is 5.73 Å². The number of amides is 1. The minimum absolute atomic E-state index is 0.250. The zero-order chi connectivity index (χ0) is 13.8. The number of rotatable bonds is 0. The maximum absolute atomic E-state index is 13.0. The highest BCUT2D eigenvalue weighted by Crippen LogP contribution is 2.42. The molecule has 3 rings (SSSR count). The number of nitrogens with two attached hydrogens (primary N) is 1. The highest BCUT2D eigenvalue weighted by Gasteiger charge is 2.51. The van der Waals surface area contributed by atoms with Gasteiger partial charge in [-0.3, -0.25) is 4.79 Å². The third kappa shape index (κ3) is 1.58. The predicted octanol–water partition coefficient (Wildman–Crippen LogP) is 0.876. The van der Waals surface area contributed by atoms with Crippen molar-refractivity contribution in [1.29, 1.82) is 0 Å². The molecule has 0 bridgehead atoms. The number of hydrogen-bond donors (Lipinski definition) is 2. The molecule has 0 saturated carbocycles. The first-order valence-corrected chi connectivity index (χ1v) is 5.88. The van der Waals surface area contributed by atoms with Crippen molar-refractivity contribution < 1.29 is 18.0 Å². The summed E-state index contributed by atoms with van der Waals surface area (Å²) in [5.74, 6) is -0.632. The van der Waals surface area contributed by atoms with E-state index in [0.29, 0.717) is 13.1 Å². The van der Waals surface area contributed by atoms with Crippen molar-refractivity contribution in [1.82, 2.24) is 10.2 Å². The zero-order valence-electron chi connectivity index (χ0n) is 9.92. The van der Waals surface area contributed by atoms with Gasteiger partial charge in [-0.05, 0) is 6.07 Å². The highest BCUT2D eigenvalue weighted by atomic mass is 19.4. The van der Waals surface area contributed by atoms with Gasteiger partial charge in [-0.25, -0.2) is 0 Å². The van der Waals surface area contributed by atoms with E-state index in [0.717, 1.165) is 6.07 Å². The van der Waals surface area contributed by atoms with Crippen molar-refractivity contribution in [2.75, 3.05) is 19.6 Å². The van der Waals surface area contributed by atoms with E-state index in [9.17, 15) is 18.0 Å². The zero-order valence-corrected chi connectivity index (χ0v) is 9.92. The van der Waals surface area contributed by atoms with Crippen LogP contribution in [0.15, 0.2) is 18.2 Å². The molecule has 1 aromatic carbocycles. The molecule has 2 aliphatic heterocycles. The number of nitrogens with zero attached hydrogens (tertiary/aromatic N) is 1. The molecule has 1 amide bonds. The summed E-state index contributed by atoms with van der Waals surface area (Å²) in [7, 11) is 0. The molecule has 1 saturated heterocycles. The Morgan fingerprint density at radius 1 is 1.37 bits per heavy atom. The minimum atomic E-state index is -4.56. The van der Waals surface area contributed by atoms with Gasteiger partial charge in [0.05, 0.1) is 11.1 Å². The van der Waals surface area contributed by atoms with E-state index in [-0.39, 0.29) is 17.7 Å². The number of fused-ring (bicyclic) bond motifs is 3. The fourth-order valence-electron chi connectivity index (χ4n) is 2.80. The van der Waals surface area contributed by atoms with Gasteiger partial charge in [0.25, 0.3) is 5.91 Å². The van der Waals surface area contributed by atoms with Crippen molar-refractivity contribution >= 4 is 5.91 Å². The summed E-state index contributed by atoms with van der Waals surface area (Å²) in [6, 6.07) is 3.71. The van der Waals surface area contributed by atoms with Crippen LogP contribution >= 0.6 is 0 Å². The number of carbonyl (C=O) groups is 1. The maximum atomic E-state index is 13.0. The second kappa shape index (κ2) is 3.71. The molecule has 1 fully saturated rings. The number of nitrogens with one attached hydrogen (secondary N) is 1. The molecule has 1 atom stereocenters. The van der Waals surface area contributed by atoms with Crippen LogP contribution in [0.4, 0.5) is 13.2 Å². The average Bonchev–Trinajstić information content (AvgIpc) is 2.58. The van der Waals surface area contributed by atoms with E-state index in [2.05, 4.69) is 5.32 Å². The third-order valence-electron chi connectivity index (χ3n) is 3.68. The Bertz CT molecular complexity index is 558. The topological polar surface area (TPSA) is 58.4 Å². The summed E-state index contributed by atoms with van der Waals surface area (Å²) < 4.78 is 39.0. The van der Waals surface area contributed by atoms with Crippen molar-refractivity contribution in [3.63, 3.8) is 0 Å². The van der Waals surface area contributed by atoms with E-state index in [1.54, 1.807) is 0 Å². The lowest BCUT2D eigenvalue weighted by Gasteiger charge is -2.39. The Labute approximate surface area is 107 Å². The molecule has 0 unspecified atom stereocenters. The van der Waals surface area contributed by atoms with Gasteiger partial charge in [0.2, 0.25) is 0 Å². The summed E-state index contributed by atoms with van der Waals surface area (Å²) in [6.45, 7) is 1.09. The van der Waals surface area contributed by atoms with Crippen molar-refractivity contribution in [2.45, 2.75) is 11.8 Å². The summed E-state index contributed by atoms with van der Waals surface area (Å²) in [5, 5.41) is 3.02. The van der Waals surface area contributed by atoms with Gasteiger partial charge in [-0.2, -0.15) is 13.2 Å². The van der Waals surface area contributed by atoms with Crippen LogP contribution in [-0.2, 0) is 11.8 Å². The van der Waals surface area contributed by atoms with Gasteiger partial charge in [0.15, 0.2) is 0 Å².